The van der Waals surface area contributed by atoms with Gasteiger partial charge >= 0.3 is 30.1 Å². The first-order valence-electron chi connectivity index (χ1n) is 39.2. The Labute approximate surface area is 697 Å². The van der Waals surface area contributed by atoms with Crippen LogP contribution in [0.2, 0.25) is 0 Å². The van der Waals surface area contributed by atoms with Crippen LogP contribution in [-0.4, -0.2) is 195 Å². The molecule has 0 spiro atoms. The first-order valence-corrected chi connectivity index (χ1v) is 40.0. The van der Waals surface area contributed by atoms with E-state index < -0.39 is 65.7 Å². The molecule has 8 aromatic carbocycles. The highest BCUT2D eigenvalue weighted by Gasteiger charge is 2.37. The van der Waals surface area contributed by atoms with E-state index >= 15 is 4.39 Å². The average molecular weight is 1660 g/mol. The molecule has 31 heteroatoms. The van der Waals surface area contributed by atoms with Gasteiger partial charge in [0.15, 0.2) is 11.6 Å². The predicted octanol–water partition coefficient (Wildman–Crippen LogP) is 11.1. The summed E-state index contributed by atoms with van der Waals surface area (Å²) < 4.78 is 51.4. The monoisotopic (exact) mass is 1660 g/mol. The number of hydrogen-bond acceptors (Lipinski definition) is 23. The molecule has 0 saturated carbocycles. The predicted molar refractivity (Wildman–Crippen MR) is 454 cm³/mol. The number of carbonyl (C=O) groups excluding carboxylic acids is 9. The van der Waals surface area contributed by atoms with E-state index in [-0.39, 0.29) is 86.7 Å². The lowest BCUT2D eigenvalue weighted by Crippen LogP contribution is -2.49. The first-order chi connectivity index (χ1) is 57.3. The quantitative estimate of drug-likeness (QED) is 0.00518. The molecule has 8 aromatic rings. The van der Waals surface area contributed by atoms with Gasteiger partial charge in [0.25, 0.3) is 11.6 Å². The van der Waals surface area contributed by atoms with Gasteiger partial charge < -0.3 is 65.6 Å². The van der Waals surface area contributed by atoms with E-state index in [0.29, 0.717) is 101 Å². The number of ketones is 4. The number of anilines is 6. The Hall–Kier alpha value is -12.4. The molecular weight excluding hydrogens is 1570 g/mol. The van der Waals surface area contributed by atoms with Gasteiger partial charge in [-0.1, -0.05) is 121 Å². The van der Waals surface area contributed by atoms with Crippen LogP contribution in [0.15, 0.2) is 182 Å². The standard InChI is InChI=1S/C44H45FN6O7S.C28H26N2O6.C16H21FN4O2S/c1-27(42(54)43(55)57-26-37-35-9-5-3-7-33(35)34-8-4-6-10-36(34)37)47-48-30-13-11-29(12-14-30)40(52)17-18-41(53)50-21-19-49(20-22-50)39-16-15-31(23-38(39)45)51-25-32(58-44(51)56)24-46-28(2)59;1-17(29-30-19-12-10-18(11-13-19)25(31)14-15-26(32)33)27(34)28(35)36-16-24-22-8-4-2-6-20(22)21-7-3-5-9-23(21)24;1-11(24)19-9-13-10-21(16(22)23-13)12-2-3-15(14(17)8-12)20-6-4-18-5-7-20/h3-16,23,27,32,37,47-48H,17-22,24-26H2,1-2H3,(H,46,59);2-13,17,24,29-30H,14-16H2,1H3,(H,32,33);2-3,8,13,18H,4-7,9-10H2,1H3,(H,19,24)/t27-,32+;17-;13-/m110/s1. The van der Waals surface area contributed by atoms with E-state index in [1.807, 2.05) is 107 Å². The third-order valence-corrected chi connectivity index (χ3v) is 21.4. The maximum Gasteiger partial charge on any atom is 0.414 e. The van der Waals surface area contributed by atoms with E-state index in [2.05, 4.69) is 37.7 Å². The number of piperazine rings is 2. The minimum absolute atomic E-state index is 0.0206. The third kappa shape index (κ3) is 21.9. The van der Waals surface area contributed by atoms with E-state index in [4.69, 9.17) is 48.5 Å². The van der Waals surface area contributed by atoms with Crippen LogP contribution >= 0.6 is 24.4 Å². The summed E-state index contributed by atoms with van der Waals surface area (Å²) in [7, 11) is 0. The highest BCUT2D eigenvalue weighted by atomic mass is 32.1. The van der Waals surface area contributed by atoms with Crippen molar-refractivity contribution in [2.45, 2.75) is 89.5 Å². The second-order valence-corrected chi connectivity index (χ2v) is 30.5. The normalized spacial score (nSPS) is 16.3. The van der Waals surface area contributed by atoms with Crippen molar-refractivity contribution >= 4 is 128 Å². The van der Waals surface area contributed by atoms with Crippen LogP contribution in [0.3, 0.4) is 0 Å². The molecule has 0 unspecified atom stereocenters. The maximum absolute atomic E-state index is 15.3. The lowest BCUT2D eigenvalue weighted by atomic mass is 9.98. The van der Waals surface area contributed by atoms with E-state index in [1.165, 1.54) is 21.9 Å². The number of carboxylic acid groups (broad SMARTS) is 1. The summed E-state index contributed by atoms with van der Waals surface area (Å²) >= 11 is 9.97. The fourth-order valence-electron chi connectivity index (χ4n) is 14.7. The lowest BCUT2D eigenvalue weighted by Gasteiger charge is -2.36. The summed E-state index contributed by atoms with van der Waals surface area (Å²) in [4.78, 5) is 133. The number of Topliss-reactive ketones (excluding diaryl/α,β-unsaturated/α-hetero) is 4. The number of carbonyl (C=O) groups is 10. The zero-order chi connectivity index (χ0) is 84.4. The molecule has 620 valence electrons. The number of cyclic esters (lactones) is 2. The van der Waals surface area contributed by atoms with Crippen molar-refractivity contribution < 1.29 is 80.8 Å². The number of aliphatic carboxylic acids is 1. The number of halogens is 2. The Kier molecular flexibility index (Phi) is 29.0. The molecule has 2 aliphatic carbocycles. The van der Waals surface area contributed by atoms with Gasteiger partial charge in [0.1, 0.15) is 37.1 Å². The summed E-state index contributed by atoms with van der Waals surface area (Å²) in [5, 5.41) is 17.9. The zero-order valence-corrected chi connectivity index (χ0v) is 67.6. The molecule has 8 N–H and O–H groups in total. The summed E-state index contributed by atoms with van der Waals surface area (Å²) in [5.74, 6) is -6.05. The zero-order valence-electron chi connectivity index (χ0n) is 66.0. The van der Waals surface area contributed by atoms with Crippen molar-refractivity contribution in [3.8, 4) is 22.3 Å². The van der Waals surface area contributed by atoms with Crippen molar-refractivity contribution in [3.05, 3.63) is 227 Å². The van der Waals surface area contributed by atoms with Gasteiger partial charge in [-0.3, -0.25) is 38.6 Å². The molecule has 119 heavy (non-hydrogen) atoms. The minimum atomic E-state index is -1.03. The number of ether oxygens (including phenoxy) is 4. The number of nitrogens with one attached hydrogen (secondary N) is 7. The van der Waals surface area contributed by atoms with E-state index in [1.54, 1.807) is 105 Å². The SMILES string of the molecule is CC(=S)NC[C@H]1CN(c2ccc(N3CCN(C(=O)CCC(=O)c4ccc(NN[C@H](C)C(=O)C(=O)OCC5c6ccccc6-c6ccccc65)cc4)CC3)c(F)c2)C(=O)O1.CC(=S)NC[C@H]1CN(c2ccc(N3CCNCC3)c(F)c2)C(=O)O1.C[C@@H](NNc1ccc(C(=O)CCC(=O)O)cc1)C(=O)C(=O)OCC1c2ccccc2-c2ccccc21. The maximum atomic E-state index is 15.3. The average Bonchev–Trinajstić information content (AvgIpc) is 1.63. The molecule has 4 atom stereocenters. The number of amides is 3. The molecular formula is C88H92F2N12O15S2. The van der Waals surface area contributed by atoms with Gasteiger partial charge in [-0.25, -0.2) is 38.8 Å². The van der Waals surface area contributed by atoms with E-state index in [0.717, 1.165) is 70.7 Å². The molecule has 27 nitrogen and oxygen atoms in total. The molecule has 4 heterocycles. The largest absolute Gasteiger partial charge is 0.481 e. The number of nitrogens with zero attached hydrogens (tertiary/aromatic N) is 5. The highest BCUT2D eigenvalue weighted by Crippen LogP contribution is 2.46. The molecule has 0 radical (unpaired) electrons. The molecule has 0 bridgehead atoms. The summed E-state index contributed by atoms with van der Waals surface area (Å²) in [6, 6.07) is 52.5. The van der Waals surface area contributed by atoms with Crippen molar-refractivity contribution in [1.29, 1.82) is 0 Å². The number of rotatable bonds is 30. The number of fused-ring (bicyclic) bond motifs is 6. The van der Waals surface area contributed by atoms with Crippen LogP contribution in [0.25, 0.3) is 22.3 Å². The summed E-state index contributed by atoms with van der Waals surface area (Å²) in [6.07, 6.45) is -1.96. The molecule has 4 saturated heterocycles. The highest BCUT2D eigenvalue weighted by molar-refractivity contribution is 7.80. The fourth-order valence-corrected chi connectivity index (χ4v) is 14.9. The fraction of sp³-hybridized carbons (Fsp3) is 0.318. The molecule has 14 rings (SSSR count). The number of benzene rings is 8. The Morgan fingerprint density at radius 3 is 1.24 bits per heavy atom. The Morgan fingerprint density at radius 1 is 0.496 bits per heavy atom. The van der Waals surface area contributed by atoms with E-state index in [9.17, 15) is 52.3 Å². The molecule has 6 aliphatic rings. The molecule has 4 fully saturated rings. The molecule has 4 aliphatic heterocycles. The summed E-state index contributed by atoms with van der Waals surface area (Å²) in [6.45, 7) is 13.0. The second-order valence-electron chi connectivity index (χ2n) is 29.2. The van der Waals surface area contributed by atoms with Crippen LogP contribution in [0.4, 0.5) is 52.5 Å². The van der Waals surface area contributed by atoms with Gasteiger partial charge in [-0.15, -0.1) is 0 Å². The minimum Gasteiger partial charge on any atom is -0.481 e. The Morgan fingerprint density at radius 2 is 0.866 bits per heavy atom. The van der Waals surface area contributed by atoms with Crippen LogP contribution < -0.4 is 57.3 Å². The van der Waals surface area contributed by atoms with Gasteiger partial charge in [0.05, 0.1) is 77.4 Å². The van der Waals surface area contributed by atoms with Crippen LogP contribution in [0.1, 0.15) is 108 Å². The van der Waals surface area contributed by atoms with Crippen LogP contribution in [-0.2, 0) is 47.7 Å². The van der Waals surface area contributed by atoms with Crippen molar-refractivity contribution in [2.24, 2.45) is 0 Å². The van der Waals surface area contributed by atoms with Gasteiger partial charge in [0, 0.05) is 106 Å². The van der Waals surface area contributed by atoms with Crippen LogP contribution in [0.5, 0.6) is 0 Å². The number of esters is 2. The Balaban J connectivity index is 0.000000183. The molecule has 0 aromatic heterocycles. The number of hydrazine groups is 2. The summed E-state index contributed by atoms with van der Waals surface area (Å²) in [5.41, 5.74) is 23.8. The third-order valence-electron chi connectivity index (χ3n) is 21.1. The van der Waals surface area contributed by atoms with Crippen molar-refractivity contribution in [1.82, 2.24) is 31.7 Å². The number of thiocarbonyl (C=S) groups is 2. The smallest absolute Gasteiger partial charge is 0.414 e. The van der Waals surface area contributed by atoms with Gasteiger partial charge in [-0.05, 0) is 157 Å². The topological polar surface area (TPSA) is 328 Å². The van der Waals surface area contributed by atoms with Gasteiger partial charge in [0.2, 0.25) is 5.91 Å². The number of carboxylic acids is 1. The van der Waals surface area contributed by atoms with Crippen molar-refractivity contribution in [3.63, 3.8) is 0 Å². The second kappa shape index (κ2) is 40.2. The van der Waals surface area contributed by atoms with Crippen molar-refractivity contribution in [2.75, 3.05) is 122 Å². The molecule has 3 amide bonds. The lowest BCUT2D eigenvalue weighted by molar-refractivity contribution is -0.154. The van der Waals surface area contributed by atoms with Gasteiger partial charge in [-0.2, -0.15) is 0 Å². The first kappa shape index (κ1) is 85.9. The Bertz CT molecular complexity index is 5040. The number of hydrogen-bond donors (Lipinski definition) is 8. The van der Waals surface area contributed by atoms with Crippen LogP contribution in [0, 0.1) is 11.6 Å².